The van der Waals surface area contributed by atoms with Gasteiger partial charge < -0.3 is 9.47 Å². The van der Waals surface area contributed by atoms with Crippen molar-refractivity contribution in [2.45, 2.75) is 50.9 Å². The Labute approximate surface area is 201 Å². The van der Waals surface area contributed by atoms with Crippen LogP contribution < -0.4 is 0 Å². The molecule has 0 fully saturated rings. The molecular formula is C24H28F5NO4Si. The lowest BCUT2D eigenvalue weighted by Crippen LogP contribution is -2.45. The van der Waals surface area contributed by atoms with Crippen molar-refractivity contribution in [3.05, 3.63) is 70.8 Å². The highest BCUT2D eigenvalue weighted by Crippen LogP contribution is 2.34. The number of nitrogens with zero attached hydrogens (tertiary/aromatic N) is 1. The maximum atomic E-state index is 14.1. The molecule has 0 aromatic heterocycles. The van der Waals surface area contributed by atoms with Gasteiger partial charge >= 0.3 is 18.2 Å². The largest absolute Gasteiger partial charge is 0.459 e. The minimum atomic E-state index is -5.22. The van der Waals surface area contributed by atoms with Crippen molar-refractivity contribution in [2.24, 2.45) is 0 Å². The smallest absolute Gasteiger partial charge is 0.422 e. The van der Waals surface area contributed by atoms with Gasteiger partial charge in [-0.3, -0.25) is 4.90 Å². The zero-order valence-corrected chi connectivity index (χ0v) is 20.9. The quantitative estimate of drug-likeness (QED) is 0.231. The molecule has 1 unspecified atom stereocenters. The van der Waals surface area contributed by atoms with Crippen molar-refractivity contribution in [1.82, 2.24) is 4.90 Å². The standard InChI is InChI=1S/C24H28F5NO4Si/c1-30(23(32)33-10-11-35(2,3)4)20(22(31)34-15-16-8-6-5-7-9-16)14-17-12-18(25)21(19(26)13-17)24(27,28)29/h5-9,12-13,20H,10-11,14-15H2,1-4H3. The first-order chi connectivity index (χ1) is 16.2. The Morgan fingerprint density at radius 3 is 2.06 bits per heavy atom. The number of rotatable bonds is 9. The number of carbonyl (C=O) groups is 2. The fraction of sp³-hybridized carbons (Fsp3) is 0.417. The van der Waals surface area contributed by atoms with Gasteiger partial charge in [0.1, 0.15) is 29.8 Å². The minimum Gasteiger partial charge on any atom is -0.459 e. The molecule has 2 aromatic carbocycles. The number of halogens is 5. The molecule has 0 saturated carbocycles. The molecule has 0 bridgehead atoms. The third kappa shape index (κ3) is 8.64. The van der Waals surface area contributed by atoms with Gasteiger partial charge in [-0.15, -0.1) is 0 Å². The average Bonchev–Trinajstić information content (AvgIpc) is 2.73. The summed E-state index contributed by atoms with van der Waals surface area (Å²) in [7, 11) is -0.263. The topological polar surface area (TPSA) is 55.8 Å². The van der Waals surface area contributed by atoms with Crippen LogP contribution in [0.4, 0.5) is 26.7 Å². The van der Waals surface area contributed by atoms with Crippen LogP contribution in [0.25, 0.3) is 0 Å². The molecule has 0 N–H and O–H groups in total. The maximum absolute atomic E-state index is 14.1. The number of ether oxygens (including phenoxy) is 2. The van der Waals surface area contributed by atoms with Crippen molar-refractivity contribution < 1.29 is 41.0 Å². The molecule has 1 amide bonds. The fourth-order valence-corrected chi connectivity index (χ4v) is 3.83. The molecule has 35 heavy (non-hydrogen) atoms. The van der Waals surface area contributed by atoms with E-state index in [9.17, 15) is 31.5 Å². The summed E-state index contributed by atoms with van der Waals surface area (Å²) in [6.07, 6.45) is -6.57. The van der Waals surface area contributed by atoms with Gasteiger partial charge in [-0.05, 0) is 29.3 Å². The molecule has 5 nitrogen and oxygen atoms in total. The number of alkyl halides is 3. The summed E-state index contributed by atoms with van der Waals surface area (Å²) < 4.78 is 77.4. The van der Waals surface area contributed by atoms with Gasteiger partial charge in [-0.25, -0.2) is 18.4 Å². The van der Waals surface area contributed by atoms with Gasteiger partial charge in [-0.2, -0.15) is 13.2 Å². The SMILES string of the molecule is CN(C(=O)OCC[Si](C)(C)C)C(Cc1cc(F)c(C(F)(F)F)c(F)c1)C(=O)OCc1ccccc1. The number of hydrogen-bond donors (Lipinski definition) is 0. The maximum Gasteiger partial charge on any atom is 0.422 e. The third-order valence-corrected chi connectivity index (χ3v) is 6.85. The normalized spacial score (nSPS) is 12.7. The Morgan fingerprint density at radius 1 is 0.971 bits per heavy atom. The Balaban J connectivity index is 2.25. The molecule has 0 saturated heterocycles. The molecule has 0 radical (unpaired) electrons. The fourth-order valence-electron chi connectivity index (χ4n) is 3.11. The molecule has 2 aromatic rings. The Hall–Kier alpha value is -2.95. The van der Waals surface area contributed by atoms with Crippen molar-refractivity contribution in [1.29, 1.82) is 0 Å². The van der Waals surface area contributed by atoms with Crippen LogP contribution in [0, 0.1) is 11.6 Å². The Morgan fingerprint density at radius 2 is 1.54 bits per heavy atom. The zero-order chi connectivity index (χ0) is 26.4. The highest BCUT2D eigenvalue weighted by molar-refractivity contribution is 6.76. The molecule has 11 heteroatoms. The van der Waals surface area contributed by atoms with Crippen LogP contribution >= 0.6 is 0 Å². The van der Waals surface area contributed by atoms with Crippen LogP contribution in [-0.2, 0) is 33.5 Å². The van der Waals surface area contributed by atoms with E-state index in [0.29, 0.717) is 23.7 Å². The van der Waals surface area contributed by atoms with Gasteiger partial charge in [0.15, 0.2) is 0 Å². The van der Waals surface area contributed by atoms with Crippen molar-refractivity contribution in [2.75, 3.05) is 13.7 Å². The van der Waals surface area contributed by atoms with Crippen LogP contribution in [0.2, 0.25) is 25.7 Å². The van der Waals surface area contributed by atoms with Gasteiger partial charge in [0.25, 0.3) is 0 Å². The number of likely N-dealkylation sites (N-methyl/N-ethyl adjacent to an activating group) is 1. The lowest BCUT2D eigenvalue weighted by molar-refractivity contribution is -0.150. The number of amides is 1. The summed E-state index contributed by atoms with van der Waals surface area (Å²) in [5.74, 6) is -4.53. The molecule has 0 aliphatic heterocycles. The number of hydrogen-bond acceptors (Lipinski definition) is 4. The predicted molar refractivity (Wildman–Crippen MR) is 122 cm³/mol. The number of carbonyl (C=O) groups excluding carboxylic acids is 2. The molecule has 192 valence electrons. The molecule has 0 spiro atoms. The van der Waals surface area contributed by atoms with Crippen LogP contribution in [0.3, 0.4) is 0 Å². The van der Waals surface area contributed by atoms with Gasteiger partial charge in [0.2, 0.25) is 0 Å². The lowest BCUT2D eigenvalue weighted by Gasteiger charge is -2.27. The Kier molecular flexibility index (Phi) is 9.42. The minimum absolute atomic E-state index is 0.119. The van der Waals surface area contributed by atoms with Crippen molar-refractivity contribution in [3.63, 3.8) is 0 Å². The summed E-state index contributed by atoms with van der Waals surface area (Å²) in [6.45, 7) is 6.24. The number of benzene rings is 2. The zero-order valence-electron chi connectivity index (χ0n) is 19.9. The first-order valence-electron chi connectivity index (χ1n) is 10.8. The van der Waals surface area contributed by atoms with Crippen LogP contribution in [0.1, 0.15) is 16.7 Å². The molecule has 2 rings (SSSR count). The van der Waals surface area contributed by atoms with E-state index in [1.54, 1.807) is 30.3 Å². The first-order valence-corrected chi connectivity index (χ1v) is 14.5. The molecule has 0 aliphatic carbocycles. The summed E-state index contributed by atoms with van der Waals surface area (Å²) in [6, 6.07) is 8.91. The number of esters is 1. The lowest BCUT2D eigenvalue weighted by atomic mass is 10.0. The van der Waals surface area contributed by atoms with E-state index in [-0.39, 0.29) is 18.8 Å². The third-order valence-electron chi connectivity index (χ3n) is 5.14. The van der Waals surface area contributed by atoms with Crippen LogP contribution in [0.5, 0.6) is 0 Å². The van der Waals surface area contributed by atoms with E-state index in [1.165, 1.54) is 7.05 Å². The molecule has 0 aliphatic rings. The van der Waals surface area contributed by atoms with Crippen LogP contribution in [-0.4, -0.2) is 44.7 Å². The second-order valence-corrected chi connectivity index (χ2v) is 14.9. The van der Waals surface area contributed by atoms with Crippen LogP contribution in [0.15, 0.2) is 42.5 Å². The molecule has 0 heterocycles. The van der Waals surface area contributed by atoms with Gasteiger partial charge in [-0.1, -0.05) is 50.0 Å². The summed E-state index contributed by atoms with van der Waals surface area (Å²) in [4.78, 5) is 26.4. The van der Waals surface area contributed by atoms with E-state index in [0.717, 1.165) is 4.90 Å². The van der Waals surface area contributed by atoms with Crippen molar-refractivity contribution in [3.8, 4) is 0 Å². The highest BCUT2D eigenvalue weighted by atomic mass is 28.3. The summed E-state index contributed by atoms with van der Waals surface area (Å²) in [5.41, 5.74) is -1.62. The van der Waals surface area contributed by atoms with E-state index in [2.05, 4.69) is 19.6 Å². The van der Waals surface area contributed by atoms with E-state index in [4.69, 9.17) is 9.47 Å². The van der Waals surface area contributed by atoms with Crippen molar-refractivity contribution >= 4 is 20.1 Å². The second kappa shape index (κ2) is 11.7. The summed E-state index contributed by atoms with van der Waals surface area (Å²) >= 11 is 0. The predicted octanol–water partition coefficient (Wildman–Crippen LogP) is 6.04. The highest BCUT2D eigenvalue weighted by Gasteiger charge is 2.38. The molecular weight excluding hydrogens is 489 g/mol. The van der Waals surface area contributed by atoms with E-state index in [1.807, 2.05) is 0 Å². The van der Waals surface area contributed by atoms with Gasteiger partial charge in [0, 0.05) is 21.5 Å². The first kappa shape index (κ1) is 28.3. The average molecular weight is 518 g/mol. The second-order valence-electron chi connectivity index (χ2n) is 9.28. The van der Waals surface area contributed by atoms with Gasteiger partial charge in [0.05, 0.1) is 6.61 Å². The Bertz CT molecular complexity index is 1000. The molecule has 1 atom stereocenters. The van der Waals surface area contributed by atoms with E-state index >= 15 is 0 Å². The summed E-state index contributed by atoms with van der Waals surface area (Å²) in [5, 5.41) is 0. The monoisotopic (exact) mass is 517 g/mol. The van der Waals surface area contributed by atoms with E-state index < -0.39 is 56.0 Å².